The van der Waals surface area contributed by atoms with Crippen LogP contribution in [0.5, 0.6) is 0 Å². The Balaban J connectivity index is 2.22. The first-order valence-electron chi connectivity index (χ1n) is 6.03. The van der Waals surface area contributed by atoms with Crippen LogP contribution >= 0.6 is 34.8 Å². The highest BCUT2D eigenvalue weighted by atomic mass is 35.5. The molecule has 3 aromatic rings. The zero-order chi connectivity index (χ0) is 15.0. The molecule has 2 N–H and O–H groups in total. The Hall–Kier alpha value is -1.68. The van der Waals surface area contributed by atoms with Gasteiger partial charge in [-0.1, -0.05) is 64.2 Å². The highest BCUT2D eigenvalue weighted by Crippen LogP contribution is 2.40. The van der Waals surface area contributed by atoms with E-state index in [1.165, 1.54) is 0 Å². The van der Waals surface area contributed by atoms with E-state index >= 15 is 0 Å². The van der Waals surface area contributed by atoms with Crippen LogP contribution in [0.4, 0.5) is 5.88 Å². The number of nitrogen functional groups attached to an aromatic ring is 1. The summed E-state index contributed by atoms with van der Waals surface area (Å²) >= 11 is 18.2. The molecule has 0 atom stereocenters. The third-order valence-corrected chi connectivity index (χ3v) is 4.12. The van der Waals surface area contributed by atoms with E-state index in [0.29, 0.717) is 26.3 Å². The first-order chi connectivity index (χ1) is 10.1. The summed E-state index contributed by atoms with van der Waals surface area (Å²) in [4.78, 5) is 0. The van der Waals surface area contributed by atoms with Crippen LogP contribution in [0.1, 0.15) is 0 Å². The molecule has 1 heterocycles. The number of hydrogen-bond donors (Lipinski definition) is 1. The van der Waals surface area contributed by atoms with Crippen molar-refractivity contribution in [3.05, 3.63) is 57.5 Å². The van der Waals surface area contributed by atoms with Gasteiger partial charge in [0.2, 0.25) is 5.88 Å². The van der Waals surface area contributed by atoms with E-state index in [0.717, 1.165) is 11.1 Å². The van der Waals surface area contributed by atoms with E-state index in [-0.39, 0.29) is 5.88 Å². The lowest BCUT2D eigenvalue weighted by molar-refractivity contribution is 0.439. The number of hydrogen-bond acceptors (Lipinski definition) is 3. The maximum Gasteiger partial charge on any atom is 0.230 e. The summed E-state index contributed by atoms with van der Waals surface area (Å²) in [5, 5.41) is 5.48. The van der Waals surface area contributed by atoms with Gasteiger partial charge in [-0.25, -0.2) is 0 Å². The van der Waals surface area contributed by atoms with Crippen LogP contribution in [-0.4, -0.2) is 5.16 Å². The molecule has 0 amide bonds. The normalized spacial score (nSPS) is 10.8. The van der Waals surface area contributed by atoms with Crippen LogP contribution in [0.15, 0.2) is 47.0 Å². The van der Waals surface area contributed by atoms with Gasteiger partial charge in [0.05, 0.1) is 15.6 Å². The fourth-order valence-electron chi connectivity index (χ4n) is 2.07. The van der Waals surface area contributed by atoms with Gasteiger partial charge in [-0.15, -0.1) is 0 Å². The standard InChI is InChI=1S/C15H9Cl3N2O/c16-10-4-2-1-3-9(10)13-14(20-21-15(13)19)8-5-6-11(17)12(18)7-8/h1-7H,19H2. The maximum atomic E-state index is 6.23. The third-order valence-electron chi connectivity index (χ3n) is 3.05. The Morgan fingerprint density at radius 3 is 2.38 bits per heavy atom. The molecule has 0 aliphatic carbocycles. The van der Waals surface area contributed by atoms with E-state index in [2.05, 4.69) is 5.16 Å². The molecule has 0 bridgehead atoms. The van der Waals surface area contributed by atoms with Gasteiger partial charge >= 0.3 is 0 Å². The van der Waals surface area contributed by atoms with E-state index < -0.39 is 0 Å². The summed E-state index contributed by atoms with van der Waals surface area (Å²) < 4.78 is 5.12. The summed E-state index contributed by atoms with van der Waals surface area (Å²) in [7, 11) is 0. The Morgan fingerprint density at radius 1 is 0.905 bits per heavy atom. The predicted molar refractivity (Wildman–Crippen MR) is 86.8 cm³/mol. The molecule has 0 aliphatic heterocycles. The second kappa shape index (κ2) is 5.60. The molecule has 106 valence electrons. The van der Waals surface area contributed by atoms with Gasteiger partial charge in [-0.3, -0.25) is 0 Å². The largest absolute Gasteiger partial charge is 0.367 e. The molecular formula is C15H9Cl3N2O. The molecule has 0 saturated carbocycles. The first kappa shape index (κ1) is 14.3. The number of anilines is 1. The van der Waals surface area contributed by atoms with Gasteiger partial charge in [-0.2, -0.15) is 0 Å². The topological polar surface area (TPSA) is 52.0 Å². The number of halogens is 3. The SMILES string of the molecule is Nc1onc(-c2ccc(Cl)c(Cl)c2)c1-c1ccccc1Cl. The van der Waals surface area contributed by atoms with Crippen LogP contribution in [0.3, 0.4) is 0 Å². The van der Waals surface area contributed by atoms with Crippen LogP contribution in [0, 0.1) is 0 Å². The van der Waals surface area contributed by atoms with Crippen molar-refractivity contribution in [2.75, 3.05) is 5.73 Å². The fourth-order valence-corrected chi connectivity index (χ4v) is 2.60. The molecule has 0 unspecified atom stereocenters. The molecule has 2 aromatic carbocycles. The van der Waals surface area contributed by atoms with Gasteiger partial charge < -0.3 is 10.3 Å². The Morgan fingerprint density at radius 2 is 1.67 bits per heavy atom. The van der Waals surface area contributed by atoms with Crippen molar-refractivity contribution >= 4 is 40.7 Å². The van der Waals surface area contributed by atoms with Crippen molar-refractivity contribution in [1.29, 1.82) is 0 Å². The maximum absolute atomic E-state index is 6.23. The molecule has 6 heteroatoms. The third kappa shape index (κ3) is 2.60. The first-order valence-corrected chi connectivity index (χ1v) is 7.17. The number of benzene rings is 2. The lowest BCUT2D eigenvalue weighted by Gasteiger charge is -2.05. The van der Waals surface area contributed by atoms with Gasteiger partial charge in [0, 0.05) is 16.1 Å². The summed E-state index contributed by atoms with van der Waals surface area (Å²) in [5.74, 6) is 0.198. The number of nitrogens with two attached hydrogens (primary N) is 1. The van der Waals surface area contributed by atoms with Crippen LogP contribution in [0.2, 0.25) is 15.1 Å². The van der Waals surface area contributed by atoms with Gasteiger partial charge in [0.15, 0.2) is 0 Å². The highest BCUT2D eigenvalue weighted by molar-refractivity contribution is 6.42. The quantitative estimate of drug-likeness (QED) is 0.666. The Bertz CT molecular complexity index is 814. The summed E-state index contributed by atoms with van der Waals surface area (Å²) in [6.07, 6.45) is 0. The average Bonchev–Trinajstić information content (AvgIpc) is 2.84. The zero-order valence-electron chi connectivity index (χ0n) is 10.6. The predicted octanol–water partition coefficient (Wildman–Crippen LogP) is 5.55. The molecular weight excluding hydrogens is 331 g/mol. The van der Waals surface area contributed by atoms with E-state index in [1.54, 1.807) is 24.3 Å². The molecule has 3 nitrogen and oxygen atoms in total. The van der Waals surface area contributed by atoms with Gasteiger partial charge in [-0.05, 0) is 18.2 Å². The Labute approximate surface area is 136 Å². The highest BCUT2D eigenvalue weighted by Gasteiger charge is 2.19. The molecule has 0 spiro atoms. The average molecular weight is 340 g/mol. The van der Waals surface area contributed by atoms with Crippen molar-refractivity contribution in [3.63, 3.8) is 0 Å². The second-order valence-electron chi connectivity index (χ2n) is 4.38. The number of rotatable bonds is 2. The zero-order valence-corrected chi connectivity index (χ0v) is 12.9. The Kier molecular flexibility index (Phi) is 3.81. The lowest BCUT2D eigenvalue weighted by atomic mass is 10.0. The summed E-state index contributed by atoms with van der Waals surface area (Å²) in [6.45, 7) is 0. The molecule has 1 aromatic heterocycles. The van der Waals surface area contributed by atoms with E-state index in [1.807, 2.05) is 18.2 Å². The minimum absolute atomic E-state index is 0.198. The van der Waals surface area contributed by atoms with Crippen molar-refractivity contribution in [2.45, 2.75) is 0 Å². The molecule has 0 radical (unpaired) electrons. The van der Waals surface area contributed by atoms with Crippen molar-refractivity contribution in [1.82, 2.24) is 5.16 Å². The molecule has 0 fully saturated rings. The van der Waals surface area contributed by atoms with Crippen molar-refractivity contribution < 1.29 is 4.52 Å². The second-order valence-corrected chi connectivity index (χ2v) is 5.60. The molecule has 3 rings (SSSR count). The minimum Gasteiger partial charge on any atom is -0.367 e. The number of aromatic nitrogens is 1. The van der Waals surface area contributed by atoms with Crippen LogP contribution < -0.4 is 5.73 Å². The van der Waals surface area contributed by atoms with Crippen LogP contribution in [-0.2, 0) is 0 Å². The molecule has 0 aliphatic rings. The van der Waals surface area contributed by atoms with Gasteiger partial charge in [0.1, 0.15) is 5.69 Å². The van der Waals surface area contributed by atoms with Crippen molar-refractivity contribution in [2.24, 2.45) is 0 Å². The van der Waals surface area contributed by atoms with Gasteiger partial charge in [0.25, 0.3) is 0 Å². The summed E-state index contributed by atoms with van der Waals surface area (Å²) in [5.41, 5.74) is 8.61. The fraction of sp³-hybridized carbons (Fsp3) is 0. The lowest BCUT2D eigenvalue weighted by Crippen LogP contribution is -1.88. The minimum atomic E-state index is 0.198. The smallest absolute Gasteiger partial charge is 0.230 e. The number of nitrogens with zero attached hydrogens (tertiary/aromatic N) is 1. The molecule has 21 heavy (non-hydrogen) atoms. The molecule has 0 saturated heterocycles. The van der Waals surface area contributed by atoms with E-state index in [4.69, 9.17) is 45.1 Å². The van der Waals surface area contributed by atoms with Crippen molar-refractivity contribution in [3.8, 4) is 22.4 Å². The van der Waals surface area contributed by atoms with Crippen LogP contribution in [0.25, 0.3) is 22.4 Å². The van der Waals surface area contributed by atoms with E-state index in [9.17, 15) is 0 Å². The summed E-state index contributed by atoms with van der Waals surface area (Å²) in [6, 6.07) is 12.5. The monoisotopic (exact) mass is 338 g/mol.